The van der Waals surface area contributed by atoms with Crippen LogP contribution in [0.3, 0.4) is 0 Å². The fraction of sp³-hybridized carbons (Fsp3) is 0.542. The van der Waals surface area contributed by atoms with Gasteiger partial charge in [0.25, 0.3) is 0 Å². The van der Waals surface area contributed by atoms with Crippen LogP contribution in [0.2, 0.25) is 0 Å². The molecular weight excluding hydrogens is 420 g/mol. The number of esters is 1. The monoisotopic (exact) mass is 450 g/mol. The van der Waals surface area contributed by atoms with Crippen LogP contribution in [-0.2, 0) is 17.6 Å². The minimum Gasteiger partial charge on any atom is -0.459 e. The molecular formula is C24H31ClO4S. The molecule has 0 unspecified atom stereocenters. The molecule has 0 bridgehead atoms. The number of ether oxygens (including phenoxy) is 1. The zero-order chi connectivity index (χ0) is 21.3. The third-order valence-corrected chi connectivity index (χ3v) is 7.60. The zero-order valence-corrected chi connectivity index (χ0v) is 18.8. The van der Waals surface area contributed by atoms with E-state index in [1.54, 1.807) is 6.07 Å². The molecule has 2 aromatic rings. The van der Waals surface area contributed by atoms with Crippen molar-refractivity contribution < 1.29 is 19.7 Å². The van der Waals surface area contributed by atoms with E-state index in [9.17, 15) is 9.90 Å². The van der Waals surface area contributed by atoms with Crippen LogP contribution in [0.5, 0.6) is 0 Å². The molecule has 1 aromatic heterocycles. The van der Waals surface area contributed by atoms with Crippen molar-refractivity contribution in [1.82, 2.24) is 0 Å². The number of carbonyl (C=O) groups is 1. The molecule has 1 aliphatic carbocycles. The van der Waals surface area contributed by atoms with Gasteiger partial charge in [-0.2, -0.15) is 0 Å². The maximum absolute atomic E-state index is 11.9. The minimum absolute atomic E-state index is 0.0266. The first-order valence-electron chi connectivity index (χ1n) is 10.8. The molecule has 6 heteroatoms. The lowest BCUT2D eigenvalue weighted by molar-refractivity contribution is 0.0439. The first-order valence-corrected chi connectivity index (χ1v) is 12.1. The topological polar surface area (TPSA) is 66.8 Å². The summed E-state index contributed by atoms with van der Waals surface area (Å²) < 4.78 is 4.96. The number of halogens is 1. The quantitative estimate of drug-likeness (QED) is 0.379. The number of carbonyl (C=O) groups excluding carboxylic acids is 1. The Balaban J connectivity index is 1.45. The number of hydrogen-bond donors (Lipinski definition) is 2. The normalized spacial score (nSPS) is 23.6. The van der Waals surface area contributed by atoms with E-state index in [0.717, 1.165) is 43.4 Å². The molecule has 0 radical (unpaired) electrons. The molecule has 4 atom stereocenters. The Labute approximate surface area is 187 Å². The van der Waals surface area contributed by atoms with Crippen LogP contribution in [0, 0.1) is 11.8 Å². The fourth-order valence-corrected chi connectivity index (χ4v) is 5.90. The maximum atomic E-state index is 11.9. The van der Waals surface area contributed by atoms with Crippen molar-refractivity contribution in [3.8, 4) is 0 Å². The van der Waals surface area contributed by atoms with E-state index in [4.69, 9.17) is 21.4 Å². The van der Waals surface area contributed by atoms with Gasteiger partial charge >= 0.3 is 5.97 Å². The summed E-state index contributed by atoms with van der Waals surface area (Å²) in [5.74, 6) is 0.230. The van der Waals surface area contributed by atoms with Crippen molar-refractivity contribution >= 4 is 28.9 Å². The van der Waals surface area contributed by atoms with Crippen molar-refractivity contribution in [3.05, 3.63) is 57.8 Å². The Hall–Kier alpha value is -1.40. The van der Waals surface area contributed by atoms with Gasteiger partial charge in [0, 0.05) is 10.3 Å². The van der Waals surface area contributed by atoms with Crippen LogP contribution < -0.4 is 0 Å². The summed E-state index contributed by atoms with van der Waals surface area (Å²) >= 11 is 8.05. The molecule has 0 saturated heterocycles. The number of aliphatic hydroxyl groups excluding tert-OH is 2. The lowest BCUT2D eigenvalue weighted by Crippen LogP contribution is -2.21. The zero-order valence-electron chi connectivity index (χ0n) is 17.2. The van der Waals surface area contributed by atoms with E-state index in [0.29, 0.717) is 17.2 Å². The third-order valence-electron chi connectivity index (χ3n) is 5.97. The van der Waals surface area contributed by atoms with Gasteiger partial charge in [-0.05, 0) is 74.5 Å². The van der Waals surface area contributed by atoms with E-state index < -0.39 is 0 Å². The van der Waals surface area contributed by atoms with Crippen LogP contribution in [-0.4, -0.2) is 40.9 Å². The van der Waals surface area contributed by atoms with Gasteiger partial charge in [-0.15, -0.1) is 22.9 Å². The highest BCUT2D eigenvalue weighted by molar-refractivity contribution is 7.13. The van der Waals surface area contributed by atoms with Crippen molar-refractivity contribution in [2.45, 2.75) is 56.4 Å². The standard InChI is InChI=1S/C24H31ClO4S/c25-21-16-22(27)20(11-4-8-17-6-2-1-3-7-17)19(21)10-5-9-18-12-13-23(30-18)24(28)29-15-14-26/h1-3,6-7,12-13,19-22,26-27H,4-5,8-11,14-16H2/t19-,20-,21-,22-/m1/s1. The molecule has 0 amide bonds. The number of aliphatic hydroxyl groups is 2. The number of benzene rings is 1. The Morgan fingerprint density at radius 2 is 1.80 bits per heavy atom. The molecule has 164 valence electrons. The van der Waals surface area contributed by atoms with Crippen LogP contribution in [0.25, 0.3) is 0 Å². The van der Waals surface area contributed by atoms with Gasteiger partial charge in [0.2, 0.25) is 0 Å². The van der Waals surface area contributed by atoms with E-state index in [-0.39, 0.29) is 36.6 Å². The molecule has 1 fully saturated rings. The van der Waals surface area contributed by atoms with Gasteiger partial charge in [-0.1, -0.05) is 30.3 Å². The van der Waals surface area contributed by atoms with Gasteiger partial charge in [0.05, 0.1) is 12.7 Å². The number of alkyl halides is 1. The SMILES string of the molecule is O=C(OCCO)c1ccc(CCC[C@@H]2[C@@H](CCCc3ccccc3)[C@H](O)C[C@H]2Cl)s1. The summed E-state index contributed by atoms with van der Waals surface area (Å²) in [6.45, 7) is -0.137. The lowest BCUT2D eigenvalue weighted by atomic mass is 9.85. The minimum atomic E-state index is -0.376. The number of rotatable bonds is 11. The maximum Gasteiger partial charge on any atom is 0.348 e. The van der Waals surface area contributed by atoms with E-state index >= 15 is 0 Å². The summed E-state index contributed by atoms with van der Waals surface area (Å²) in [7, 11) is 0. The highest BCUT2D eigenvalue weighted by atomic mass is 35.5. The van der Waals surface area contributed by atoms with Crippen LogP contribution in [0.4, 0.5) is 0 Å². The van der Waals surface area contributed by atoms with E-state index in [2.05, 4.69) is 24.3 Å². The summed E-state index contributed by atoms with van der Waals surface area (Å²) in [5, 5.41) is 19.3. The summed E-state index contributed by atoms with van der Waals surface area (Å²) in [5.41, 5.74) is 1.34. The average Bonchev–Trinajstić information content (AvgIpc) is 3.32. The Morgan fingerprint density at radius 3 is 2.57 bits per heavy atom. The van der Waals surface area contributed by atoms with Gasteiger partial charge in [0.15, 0.2) is 0 Å². The van der Waals surface area contributed by atoms with Gasteiger partial charge < -0.3 is 14.9 Å². The molecule has 1 saturated carbocycles. The van der Waals surface area contributed by atoms with Gasteiger partial charge in [0.1, 0.15) is 11.5 Å². The second kappa shape index (κ2) is 11.8. The summed E-state index contributed by atoms with van der Waals surface area (Å²) in [4.78, 5) is 13.6. The molecule has 4 nitrogen and oxygen atoms in total. The Kier molecular flexibility index (Phi) is 9.19. The molecule has 0 spiro atoms. The molecule has 3 rings (SSSR count). The van der Waals surface area contributed by atoms with Crippen LogP contribution >= 0.6 is 22.9 Å². The van der Waals surface area contributed by atoms with Crippen molar-refractivity contribution in [2.75, 3.05) is 13.2 Å². The third kappa shape index (κ3) is 6.55. The number of hydrogen-bond acceptors (Lipinski definition) is 5. The van der Waals surface area contributed by atoms with E-state index in [1.807, 2.05) is 12.1 Å². The number of thiophene rings is 1. The average molecular weight is 451 g/mol. The van der Waals surface area contributed by atoms with Crippen LogP contribution in [0.15, 0.2) is 42.5 Å². The van der Waals surface area contributed by atoms with Crippen LogP contribution in [0.1, 0.15) is 52.2 Å². The Morgan fingerprint density at radius 1 is 1.07 bits per heavy atom. The first-order chi connectivity index (χ1) is 14.6. The smallest absolute Gasteiger partial charge is 0.348 e. The predicted molar refractivity (Wildman–Crippen MR) is 121 cm³/mol. The number of aryl methyl sites for hydroxylation is 2. The lowest BCUT2D eigenvalue weighted by Gasteiger charge is -2.23. The molecule has 30 heavy (non-hydrogen) atoms. The highest BCUT2D eigenvalue weighted by Gasteiger charge is 2.40. The summed E-state index contributed by atoms with van der Waals surface area (Å²) in [6.07, 6.45) is 6.36. The van der Waals surface area contributed by atoms with Gasteiger partial charge in [-0.25, -0.2) is 4.79 Å². The van der Waals surface area contributed by atoms with E-state index in [1.165, 1.54) is 16.9 Å². The van der Waals surface area contributed by atoms with Crippen molar-refractivity contribution in [2.24, 2.45) is 11.8 Å². The second-order valence-electron chi connectivity index (χ2n) is 8.04. The highest BCUT2D eigenvalue weighted by Crippen LogP contribution is 2.41. The van der Waals surface area contributed by atoms with Gasteiger partial charge in [-0.3, -0.25) is 0 Å². The largest absolute Gasteiger partial charge is 0.459 e. The molecule has 2 N–H and O–H groups in total. The fourth-order valence-electron chi connectivity index (χ4n) is 4.47. The molecule has 0 aliphatic heterocycles. The molecule has 1 aliphatic rings. The Bertz CT molecular complexity index is 779. The predicted octanol–water partition coefficient (Wildman–Crippen LogP) is 4.85. The first kappa shape index (κ1) is 23.3. The second-order valence-corrected chi connectivity index (χ2v) is 9.77. The van der Waals surface area contributed by atoms with Crippen molar-refractivity contribution in [3.63, 3.8) is 0 Å². The molecule has 1 heterocycles. The van der Waals surface area contributed by atoms with Crippen molar-refractivity contribution in [1.29, 1.82) is 0 Å². The molecule has 1 aromatic carbocycles. The summed E-state index contributed by atoms with van der Waals surface area (Å²) in [6, 6.07) is 14.2.